The zero-order valence-electron chi connectivity index (χ0n) is 16.7. The van der Waals surface area contributed by atoms with Crippen molar-refractivity contribution in [1.82, 2.24) is 25.2 Å². The molecule has 3 heterocycles. The number of methoxy groups -OCH3 is 1. The lowest BCUT2D eigenvalue weighted by molar-refractivity contribution is -0.148. The van der Waals surface area contributed by atoms with Crippen LogP contribution in [0.3, 0.4) is 0 Å². The fourth-order valence-corrected chi connectivity index (χ4v) is 3.22. The summed E-state index contributed by atoms with van der Waals surface area (Å²) in [7, 11) is 1.30. The van der Waals surface area contributed by atoms with Gasteiger partial charge in [-0.05, 0) is 24.6 Å². The summed E-state index contributed by atoms with van der Waals surface area (Å²) in [5, 5.41) is 4.81. The Morgan fingerprint density at radius 2 is 1.94 bits per heavy atom. The van der Waals surface area contributed by atoms with Crippen LogP contribution in [0.5, 0.6) is 0 Å². The normalized spacial score (nSPS) is 12.8. The largest absolute Gasteiger partial charge is 0.467 e. The number of amides is 1. The molecule has 4 rings (SSSR count). The molecule has 31 heavy (non-hydrogen) atoms. The second kappa shape index (κ2) is 7.78. The summed E-state index contributed by atoms with van der Waals surface area (Å²) in [6.45, 7) is 1.67. The third kappa shape index (κ3) is 3.41. The molecule has 0 saturated heterocycles. The number of carbonyl (C=O) groups excluding carboxylic acids is 2. The Hall–Kier alpha value is -4.41. The number of ether oxygens (including phenoxy) is 1. The molecule has 0 aliphatic carbocycles. The van der Waals surface area contributed by atoms with E-state index in [1.165, 1.54) is 30.3 Å². The summed E-state index contributed by atoms with van der Waals surface area (Å²) in [6.07, 6.45) is 2.86. The van der Waals surface area contributed by atoms with Gasteiger partial charge in [0.05, 0.1) is 25.0 Å². The Morgan fingerprint density at radius 3 is 2.61 bits per heavy atom. The van der Waals surface area contributed by atoms with Crippen LogP contribution in [-0.2, 0) is 15.1 Å². The molecule has 0 unspecified atom stereocenters. The summed E-state index contributed by atoms with van der Waals surface area (Å²) in [4.78, 5) is 33.4. The first kappa shape index (κ1) is 19.9. The van der Waals surface area contributed by atoms with Crippen molar-refractivity contribution < 1.29 is 18.7 Å². The smallest absolute Gasteiger partial charge is 0.338 e. The highest BCUT2D eigenvalue weighted by Crippen LogP contribution is 2.32. The molecule has 1 amide bonds. The van der Waals surface area contributed by atoms with Gasteiger partial charge in [-0.2, -0.15) is 15.1 Å². The number of nitrogens with one attached hydrogen (secondary N) is 2. The highest BCUT2D eigenvalue weighted by molar-refractivity contribution is 5.94. The number of furan rings is 1. The molecule has 4 N–H and O–H groups in total. The number of nitrogens with two attached hydrogens (primary N) is 1. The van der Waals surface area contributed by atoms with Crippen LogP contribution >= 0.6 is 0 Å². The van der Waals surface area contributed by atoms with Crippen molar-refractivity contribution in [1.29, 1.82) is 0 Å². The molecule has 0 aliphatic heterocycles. The lowest BCUT2D eigenvalue weighted by Crippen LogP contribution is -2.42. The predicted molar refractivity (Wildman–Crippen MR) is 111 cm³/mol. The van der Waals surface area contributed by atoms with Crippen molar-refractivity contribution in [3.63, 3.8) is 0 Å². The Kier molecular flexibility index (Phi) is 4.99. The molecular formula is C20H19N7O4. The minimum absolute atomic E-state index is 0.0794. The molecular weight excluding hydrogens is 402 g/mol. The van der Waals surface area contributed by atoms with Crippen LogP contribution in [0.25, 0.3) is 11.0 Å². The topological polar surface area (TPSA) is 150 Å². The minimum atomic E-state index is -1.33. The van der Waals surface area contributed by atoms with Crippen molar-refractivity contribution >= 4 is 34.7 Å². The second-order valence-corrected chi connectivity index (χ2v) is 6.71. The Balaban J connectivity index is 1.78. The second-order valence-electron chi connectivity index (χ2n) is 6.71. The van der Waals surface area contributed by atoms with E-state index in [1.54, 1.807) is 25.1 Å². The number of esters is 1. The predicted octanol–water partition coefficient (Wildman–Crippen LogP) is 1.69. The van der Waals surface area contributed by atoms with Crippen molar-refractivity contribution in [3.05, 3.63) is 66.2 Å². The van der Waals surface area contributed by atoms with Crippen molar-refractivity contribution in [2.24, 2.45) is 0 Å². The quantitative estimate of drug-likeness (QED) is 0.312. The molecule has 0 spiro atoms. The maximum absolute atomic E-state index is 12.9. The van der Waals surface area contributed by atoms with Gasteiger partial charge >= 0.3 is 11.9 Å². The van der Waals surface area contributed by atoms with Gasteiger partial charge in [-0.15, -0.1) is 0 Å². The molecule has 0 fully saturated rings. The maximum Gasteiger partial charge on any atom is 0.338 e. The molecule has 4 aromatic rings. The molecule has 11 nitrogen and oxygen atoms in total. The average molecular weight is 421 g/mol. The van der Waals surface area contributed by atoms with E-state index in [1.807, 2.05) is 18.2 Å². The number of hydrogen-bond donors (Lipinski definition) is 3. The summed E-state index contributed by atoms with van der Waals surface area (Å²) >= 11 is 0. The number of benzene rings is 1. The molecule has 0 aliphatic rings. The van der Waals surface area contributed by atoms with Crippen LogP contribution in [0.15, 0.2) is 59.3 Å². The minimum Gasteiger partial charge on any atom is -0.467 e. The number of fused-ring (bicyclic) bond motifs is 1. The monoisotopic (exact) mass is 421 g/mol. The van der Waals surface area contributed by atoms with Gasteiger partial charge in [0.25, 0.3) is 0 Å². The third-order valence-electron chi connectivity index (χ3n) is 4.83. The van der Waals surface area contributed by atoms with Crippen LogP contribution in [0.2, 0.25) is 0 Å². The van der Waals surface area contributed by atoms with Crippen LogP contribution in [-0.4, -0.2) is 38.7 Å². The highest BCUT2D eigenvalue weighted by atomic mass is 16.5. The number of anilines is 2. The van der Waals surface area contributed by atoms with E-state index >= 15 is 0 Å². The Bertz CT molecular complexity index is 1240. The van der Waals surface area contributed by atoms with E-state index in [9.17, 15) is 9.59 Å². The standard InChI is InChI=1S/C20H19N7O4/c1-20(18(29)30-2,12-7-4-3-5-8-12)27-16-13(11-22-27)15(23-19(21)24-16)25-26-17(28)14-9-6-10-31-14/h3-11H,1-2H3,(H,26,28)(H3,21,23,24,25)/t20-/m1/s1. The summed E-state index contributed by atoms with van der Waals surface area (Å²) < 4.78 is 11.5. The van der Waals surface area contributed by atoms with Crippen LogP contribution < -0.4 is 16.6 Å². The van der Waals surface area contributed by atoms with Crippen LogP contribution in [0, 0.1) is 0 Å². The van der Waals surface area contributed by atoms with E-state index < -0.39 is 17.4 Å². The number of nitrogen functional groups attached to an aromatic ring is 1. The number of hydrazine groups is 1. The van der Waals surface area contributed by atoms with E-state index in [0.717, 1.165) is 0 Å². The SMILES string of the molecule is COC(=O)[C@@](C)(c1ccccc1)n1ncc2c(NNC(=O)c3ccco3)nc(N)nc21. The van der Waals surface area contributed by atoms with Gasteiger partial charge in [-0.3, -0.25) is 15.6 Å². The fourth-order valence-electron chi connectivity index (χ4n) is 3.22. The van der Waals surface area contributed by atoms with Crippen molar-refractivity contribution in [2.75, 3.05) is 18.3 Å². The first-order chi connectivity index (χ1) is 14.9. The van der Waals surface area contributed by atoms with Crippen molar-refractivity contribution in [2.45, 2.75) is 12.5 Å². The van der Waals surface area contributed by atoms with E-state index in [0.29, 0.717) is 10.9 Å². The molecule has 11 heteroatoms. The number of hydrogen-bond acceptors (Lipinski definition) is 9. The lowest BCUT2D eigenvalue weighted by atomic mass is 9.92. The molecule has 0 radical (unpaired) electrons. The number of aromatic nitrogens is 4. The first-order valence-corrected chi connectivity index (χ1v) is 9.20. The Labute approximate surface area is 176 Å². The Morgan fingerprint density at radius 1 is 1.16 bits per heavy atom. The van der Waals surface area contributed by atoms with Gasteiger partial charge in [0.2, 0.25) is 5.95 Å². The summed E-state index contributed by atoms with van der Waals surface area (Å²) in [6, 6.07) is 12.1. The van der Waals surface area contributed by atoms with Gasteiger partial charge < -0.3 is 14.9 Å². The molecule has 3 aromatic heterocycles. The summed E-state index contributed by atoms with van der Waals surface area (Å²) in [5.74, 6) is -0.810. The average Bonchev–Trinajstić information content (AvgIpc) is 3.47. The molecule has 0 bridgehead atoms. The molecule has 1 aromatic carbocycles. The third-order valence-corrected chi connectivity index (χ3v) is 4.83. The fraction of sp³-hybridized carbons (Fsp3) is 0.150. The number of carbonyl (C=O) groups is 2. The van der Waals surface area contributed by atoms with Gasteiger partial charge in [-0.25, -0.2) is 9.48 Å². The van der Waals surface area contributed by atoms with Gasteiger partial charge in [0.15, 0.2) is 22.8 Å². The van der Waals surface area contributed by atoms with E-state index in [2.05, 4.69) is 25.9 Å². The lowest BCUT2D eigenvalue weighted by Gasteiger charge is -2.28. The summed E-state index contributed by atoms with van der Waals surface area (Å²) in [5.41, 5.74) is 10.7. The van der Waals surface area contributed by atoms with Crippen LogP contribution in [0.4, 0.5) is 11.8 Å². The number of rotatable bonds is 6. The van der Waals surface area contributed by atoms with Crippen LogP contribution in [0.1, 0.15) is 23.0 Å². The van der Waals surface area contributed by atoms with Gasteiger partial charge in [0, 0.05) is 0 Å². The van der Waals surface area contributed by atoms with Gasteiger partial charge in [-0.1, -0.05) is 30.3 Å². The molecule has 0 saturated carbocycles. The molecule has 158 valence electrons. The number of nitrogens with zero attached hydrogens (tertiary/aromatic N) is 4. The molecule has 1 atom stereocenters. The van der Waals surface area contributed by atoms with E-state index in [-0.39, 0.29) is 23.2 Å². The maximum atomic E-state index is 12.9. The van der Waals surface area contributed by atoms with Crippen molar-refractivity contribution in [3.8, 4) is 0 Å². The zero-order valence-corrected chi connectivity index (χ0v) is 16.7. The van der Waals surface area contributed by atoms with E-state index in [4.69, 9.17) is 14.9 Å². The van der Waals surface area contributed by atoms with Gasteiger partial charge in [0.1, 0.15) is 0 Å². The zero-order chi connectivity index (χ0) is 22.0. The first-order valence-electron chi connectivity index (χ1n) is 9.20. The highest BCUT2D eigenvalue weighted by Gasteiger charge is 2.41.